The molecule has 0 N–H and O–H groups in total. The molecule has 242 valence electrons. The summed E-state index contributed by atoms with van der Waals surface area (Å²) in [4.78, 5) is 7.50. The van der Waals surface area contributed by atoms with Gasteiger partial charge in [0, 0.05) is 50.5 Å². The predicted molar refractivity (Wildman–Crippen MR) is 187 cm³/mol. The van der Waals surface area contributed by atoms with Crippen LogP contribution in [-0.2, 0) is 6.42 Å². The summed E-state index contributed by atoms with van der Waals surface area (Å²) in [7, 11) is 0. The average molecular weight is 606 g/mol. The van der Waals surface area contributed by atoms with Gasteiger partial charge in [-0.3, -0.25) is 4.90 Å². The second kappa shape index (κ2) is 18.7. The highest BCUT2D eigenvalue weighted by molar-refractivity contribution is 5.42. The average Bonchev–Trinajstić information content (AvgIpc) is 3.00. The van der Waals surface area contributed by atoms with Crippen LogP contribution >= 0.6 is 0 Å². The van der Waals surface area contributed by atoms with Crippen molar-refractivity contribution in [2.75, 3.05) is 45.8 Å². The van der Waals surface area contributed by atoms with Crippen LogP contribution in [0.25, 0.3) is 0 Å². The highest BCUT2D eigenvalue weighted by Crippen LogP contribution is 2.23. The zero-order valence-corrected chi connectivity index (χ0v) is 28.6. The lowest BCUT2D eigenvalue weighted by atomic mass is 10.00. The van der Waals surface area contributed by atoms with Crippen molar-refractivity contribution in [1.82, 2.24) is 14.7 Å². The number of halogens is 2. The molecule has 2 saturated heterocycles. The van der Waals surface area contributed by atoms with Gasteiger partial charge in [0.2, 0.25) is 0 Å². The third-order valence-corrected chi connectivity index (χ3v) is 8.80. The number of piperazine rings is 1. The van der Waals surface area contributed by atoms with Crippen molar-refractivity contribution in [3.63, 3.8) is 0 Å². The maximum absolute atomic E-state index is 13.5. The number of nitrogens with zero attached hydrogens (tertiary/aromatic N) is 3. The first-order valence-corrected chi connectivity index (χ1v) is 16.2. The van der Waals surface area contributed by atoms with E-state index in [9.17, 15) is 8.78 Å². The number of rotatable bonds is 11. The fourth-order valence-corrected chi connectivity index (χ4v) is 5.79. The van der Waals surface area contributed by atoms with Crippen LogP contribution in [0.3, 0.4) is 0 Å². The van der Waals surface area contributed by atoms with Gasteiger partial charge in [-0.25, -0.2) is 8.78 Å². The fraction of sp³-hybridized carbons (Fsp3) is 0.487. The lowest BCUT2D eigenvalue weighted by Crippen LogP contribution is -2.53. The van der Waals surface area contributed by atoms with Crippen LogP contribution in [0.1, 0.15) is 64.2 Å². The molecule has 3 rings (SSSR count). The molecule has 5 heteroatoms. The first-order chi connectivity index (χ1) is 20.8. The Morgan fingerprint density at radius 2 is 1.59 bits per heavy atom. The number of hydrogen-bond acceptors (Lipinski definition) is 3. The molecule has 2 aliphatic rings. The largest absolute Gasteiger partial charge is 0.369 e. The number of likely N-dealkylation sites (tertiary alicyclic amines) is 1. The zero-order valence-electron chi connectivity index (χ0n) is 28.6. The molecule has 44 heavy (non-hydrogen) atoms. The lowest BCUT2D eigenvalue weighted by Gasteiger charge is -2.44. The maximum Gasteiger partial charge on any atom is 0.125 e. The minimum atomic E-state index is -0.765. The molecule has 1 unspecified atom stereocenters. The van der Waals surface area contributed by atoms with Crippen LogP contribution in [0.5, 0.6) is 0 Å². The van der Waals surface area contributed by atoms with Crippen LogP contribution in [0.2, 0.25) is 0 Å². The van der Waals surface area contributed by atoms with Crippen molar-refractivity contribution in [2.45, 2.75) is 73.8 Å². The van der Waals surface area contributed by atoms with Crippen LogP contribution in [-0.4, -0.2) is 66.6 Å². The van der Waals surface area contributed by atoms with Gasteiger partial charge in [-0.15, -0.1) is 0 Å². The summed E-state index contributed by atoms with van der Waals surface area (Å²) in [5, 5.41) is 0. The van der Waals surface area contributed by atoms with Crippen molar-refractivity contribution < 1.29 is 8.78 Å². The van der Waals surface area contributed by atoms with E-state index in [-0.39, 0.29) is 5.92 Å². The number of allylic oxidation sites excluding steroid dienone is 9. The summed E-state index contributed by atoms with van der Waals surface area (Å²) in [5.74, 6) is -1.15. The number of piperidine rings is 1. The first kappa shape index (κ1) is 37.2. The number of hydrogen-bond donors (Lipinski definition) is 0. The lowest BCUT2D eigenvalue weighted by molar-refractivity contribution is 0.0684. The molecular formula is C39H57F2N3. The summed E-state index contributed by atoms with van der Waals surface area (Å²) in [6.07, 6.45) is 11.7. The monoisotopic (exact) mass is 605 g/mol. The molecule has 0 saturated carbocycles. The molecule has 2 fully saturated rings. The molecule has 2 aliphatic heterocycles. The Morgan fingerprint density at radius 1 is 0.955 bits per heavy atom. The van der Waals surface area contributed by atoms with E-state index in [0.717, 1.165) is 82.4 Å². The fourth-order valence-electron chi connectivity index (χ4n) is 5.79. The van der Waals surface area contributed by atoms with Gasteiger partial charge in [-0.1, -0.05) is 75.6 Å². The molecule has 2 heterocycles. The molecule has 0 radical (unpaired) electrons. The second-order valence-electron chi connectivity index (χ2n) is 12.4. The molecule has 1 aromatic rings. The zero-order chi connectivity index (χ0) is 32.8. The number of benzene rings is 1. The summed E-state index contributed by atoms with van der Waals surface area (Å²) in [6.45, 7) is 33.4. The summed E-state index contributed by atoms with van der Waals surface area (Å²) < 4.78 is 26.2. The van der Waals surface area contributed by atoms with E-state index in [1.54, 1.807) is 6.08 Å². The highest BCUT2D eigenvalue weighted by Gasteiger charge is 2.28. The first-order valence-electron chi connectivity index (χ1n) is 16.2. The maximum atomic E-state index is 13.5. The second-order valence-corrected chi connectivity index (χ2v) is 12.4. The van der Waals surface area contributed by atoms with Crippen LogP contribution in [0, 0.1) is 19.8 Å². The van der Waals surface area contributed by atoms with Crippen molar-refractivity contribution in [3.05, 3.63) is 119 Å². The van der Waals surface area contributed by atoms with Gasteiger partial charge in [0.15, 0.2) is 0 Å². The minimum Gasteiger partial charge on any atom is -0.369 e. The third kappa shape index (κ3) is 12.5. The van der Waals surface area contributed by atoms with Crippen molar-refractivity contribution in [2.24, 2.45) is 5.92 Å². The van der Waals surface area contributed by atoms with Gasteiger partial charge in [0.05, 0.1) is 0 Å². The molecular weight excluding hydrogens is 548 g/mol. The van der Waals surface area contributed by atoms with Gasteiger partial charge in [0.25, 0.3) is 0 Å². The normalized spacial score (nSPS) is 18.7. The van der Waals surface area contributed by atoms with E-state index >= 15 is 0 Å². The SMILES string of the molecule is C=C(F)/C=C(F)\C=C/C(C)CN1CCC(N2CCN(C(=C)/C(C)=C\C(=C/C)C(=C)C)CC2)CC1.CCc1ccc(C)c(C)c1. The molecule has 0 aliphatic carbocycles. The predicted octanol–water partition coefficient (Wildman–Crippen LogP) is 9.45. The topological polar surface area (TPSA) is 9.72 Å². The molecule has 0 spiro atoms. The Labute approximate surface area is 267 Å². The van der Waals surface area contributed by atoms with Gasteiger partial charge < -0.3 is 9.80 Å². The Balaban J connectivity index is 0.000000569. The summed E-state index contributed by atoms with van der Waals surface area (Å²) in [5.41, 5.74) is 8.77. The standard InChI is InChI=1S/C29H43F2N3.C10H14/c1-8-27(22(2)3)19-24(5)26(7)33-15-17-34(18-16-33)29-11-13-32(14-12-29)21-23(4)9-10-28(31)20-25(6)30;1-4-10-6-5-8(2)9(3)7-10/h8-10,19-20,23,29H,2,6-7,11-18,21H2,1,3-5H3;5-7H,4H2,1-3H3/b10-9-,24-19-,27-8+,28-20+;. The molecule has 3 nitrogen and oxygen atoms in total. The van der Waals surface area contributed by atoms with E-state index in [4.69, 9.17) is 0 Å². The molecule has 1 aromatic carbocycles. The van der Waals surface area contributed by atoms with E-state index in [1.165, 1.54) is 33.9 Å². The Hall–Kier alpha value is -3.02. The minimum absolute atomic E-state index is 0.211. The van der Waals surface area contributed by atoms with Crippen LogP contribution in [0.4, 0.5) is 8.78 Å². The molecule has 1 atom stereocenters. The third-order valence-electron chi connectivity index (χ3n) is 8.80. The van der Waals surface area contributed by atoms with Crippen molar-refractivity contribution in [1.29, 1.82) is 0 Å². The summed E-state index contributed by atoms with van der Waals surface area (Å²) in [6, 6.07) is 7.27. The molecule has 0 bridgehead atoms. The van der Waals surface area contributed by atoms with Gasteiger partial charge >= 0.3 is 0 Å². The molecule has 0 amide bonds. The van der Waals surface area contributed by atoms with Crippen molar-refractivity contribution in [3.8, 4) is 0 Å². The van der Waals surface area contributed by atoms with E-state index in [1.807, 2.05) is 13.8 Å². The quantitative estimate of drug-likeness (QED) is 0.233. The van der Waals surface area contributed by atoms with Crippen LogP contribution in [0.15, 0.2) is 102 Å². The molecule has 0 aromatic heterocycles. The van der Waals surface area contributed by atoms with Crippen molar-refractivity contribution >= 4 is 0 Å². The summed E-state index contributed by atoms with van der Waals surface area (Å²) >= 11 is 0. The Bertz CT molecular complexity index is 1240. The Morgan fingerprint density at radius 3 is 2.11 bits per heavy atom. The number of aryl methyl sites for hydroxylation is 3. The van der Waals surface area contributed by atoms with Gasteiger partial charge in [-0.2, -0.15) is 0 Å². The highest BCUT2D eigenvalue weighted by atomic mass is 19.1. The van der Waals surface area contributed by atoms with E-state index < -0.39 is 11.7 Å². The smallest absolute Gasteiger partial charge is 0.125 e. The van der Waals surface area contributed by atoms with Crippen LogP contribution < -0.4 is 0 Å². The van der Waals surface area contributed by atoms with Gasteiger partial charge in [-0.05, 0) is 107 Å². The Kier molecular flexibility index (Phi) is 15.8. The van der Waals surface area contributed by atoms with E-state index in [2.05, 4.69) is 99.4 Å². The van der Waals surface area contributed by atoms with E-state index in [0.29, 0.717) is 6.04 Å². The van der Waals surface area contributed by atoms with Gasteiger partial charge in [0.1, 0.15) is 11.7 Å².